The Kier molecular flexibility index (Phi) is 3.10. The van der Waals surface area contributed by atoms with E-state index in [0.29, 0.717) is 17.1 Å². The monoisotopic (exact) mass is 290 g/mol. The maximum atomic E-state index is 12.4. The van der Waals surface area contributed by atoms with Crippen molar-refractivity contribution in [2.24, 2.45) is 34.5 Å². The number of aliphatic hydroxyl groups is 1. The van der Waals surface area contributed by atoms with E-state index in [9.17, 15) is 9.90 Å². The largest absolute Gasteiger partial charge is 0.393 e. The molecule has 0 unspecified atom stereocenters. The molecule has 21 heavy (non-hydrogen) atoms. The Morgan fingerprint density at radius 1 is 1.00 bits per heavy atom. The average molecular weight is 290 g/mol. The number of ketones is 1. The topological polar surface area (TPSA) is 37.3 Å². The number of rotatable bonds is 0. The summed E-state index contributed by atoms with van der Waals surface area (Å²) in [5.74, 6) is 3.54. The lowest BCUT2D eigenvalue weighted by Crippen LogP contribution is -2.54. The average Bonchev–Trinajstić information content (AvgIpc) is 2.76. The Balaban J connectivity index is 1.64. The van der Waals surface area contributed by atoms with Crippen molar-refractivity contribution in [3.05, 3.63) is 0 Å². The Labute approximate surface area is 128 Å². The first-order chi connectivity index (χ1) is 9.95. The van der Waals surface area contributed by atoms with Crippen molar-refractivity contribution in [1.29, 1.82) is 0 Å². The highest BCUT2D eigenvalue weighted by atomic mass is 16.3. The van der Waals surface area contributed by atoms with Crippen LogP contribution in [-0.4, -0.2) is 17.0 Å². The van der Waals surface area contributed by atoms with Crippen LogP contribution in [0.1, 0.15) is 71.6 Å². The second-order valence-corrected chi connectivity index (χ2v) is 9.00. The predicted octanol–water partition coefficient (Wildman–Crippen LogP) is 3.96. The van der Waals surface area contributed by atoms with Gasteiger partial charge in [-0.3, -0.25) is 4.79 Å². The number of Topliss-reactive ketones (excluding diaryl/α,β-unsaturated/α-hetero) is 1. The number of carbonyl (C=O) groups is 1. The van der Waals surface area contributed by atoms with E-state index in [1.165, 1.54) is 25.7 Å². The quantitative estimate of drug-likeness (QED) is 0.733. The van der Waals surface area contributed by atoms with Gasteiger partial charge in [-0.1, -0.05) is 13.8 Å². The predicted molar refractivity (Wildman–Crippen MR) is 82.7 cm³/mol. The highest BCUT2D eigenvalue weighted by Gasteiger charge is 2.60. The molecule has 4 aliphatic rings. The fourth-order valence-corrected chi connectivity index (χ4v) is 7.01. The van der Waals surface area contributed by atoms with Crippen LogP contribution in [0.2, 0.25) is 0 Å². The van der Waals surface area contributed by atoms with Crippen LogP contribution in [0.5, 0.6) is 0 Å². The van der Waals surface area contributed by atoms with Crippen LogP contribution in [-0.2, 0) is 4.79 Å². The van der Waals surface area contributed by atoms with Crippen molar-refractivity contribution in [2.75, 3.05) is 0 Å². The van der Waals surface area contributed by atoms with Gasteiger partial charge < -0.3 is 5.11 Å². The van der Waals surface area contributed by atoms with Crippen LogP contribution in [0.3, 0.4) is 0 Å². The molecule has 4 saturated carbocycles. The SMILES string of the molecule is C[C@@]12CC[C@H](O)C[C@H]1CC[C@H]1[C@H]2CC[C@@]2(C)C(=O)CC[C@H]12. The highest BCUT2D eigenvalue weighted by molar-refractivity contribution is 5.87. The molecule has 2 heteroatoms. The van der Waals surface area contributed by atoms with Crippen molar-refractivity contribution in [3.8, 4) is 0 Å². The number of aliphatic hydroxyl groups excluding tert-OH is 1. The van der Waals surface area contributed by atoms with Crippen LogP contribution < -0.4 is 0 Å². The first-order valence-corrected chi connectivity index (χ1v) is 9.16. The molecule has 0 heterocycles. The summed E-state index contributed by atoms with van der Waals surface area (Å²) in [4.78, 5) is 12.4. The minimum Gasteiger partial charge on any atom is -0.393 e. The molecule has 0 aromatic rings. The molecule has 0 saturated heterocycles. The molecule has 0 radical (unpaired) electrons. The molecule has 4 fully saturated rings. The zero-order valence-corrected chi connectivity index (χ0v) is 13.6. The Morgan fingerprint density at radius 3 is 2.62 bits per heavy atom. The van der Waals surface area contributed by atoms with E-state index < -0.39 is 0 Å². The van der Waals surface area contributed by atoms with Crippen molar-refractivity contribution in [2.45, 2.75) is 77.7 Å². The standard InChI is InChI=1S/C19H30O2/c1-18-9-7-13(20)11-12(18)3-4-14-15-5-6-17(21)19(15,2)10-8-16(14)18/h12-16,20H,3-11H2,1-2H3/t12-,13+,14-,15-,16-,18-,19-/m1/s1. The van der Waals surface area contributed by atoms with Crippen LogP contribution in [0.15, 0.2) is 0 Å². The number of hydrogen-bond donors (Lipinski definition) is 1. The second-order valence-electron chi connectivity index (χ2n) is 9.00. The van der Waals surface area contributed by atoms with Crippen LogP contribution in [0, 0.1) is 34.5 Å². The summed E-state index contributed by atoms with van der Waals surface area (Å²) in [5, 5.41) is 10.0. The Hall–Kier alpha value is -0.370. The number of carbonyl (C=O) groups excluding carboxylic acids is 1. The van der Waals surface area contributed by atoms with E-state index in [-0.39, 0.29) is 11.5 Å². The third kappa shape index (κ3) is 1.84. The van der Waals surface area contributed by atoms with E-state index in [1.807, 2.05) is 0 Å². The first-order valence-electron chi connectivity index (χ1n) is 9.16. The van der Waals surface area contributed by atoms with Gasteiger partial charge in [-0.05, 0) is 80.5 Å². The van der Waals surface area contributed by atoms with Crippen LogP contribution in [0.4, 0.5) is 0 Å². The third-order valence-corrected chi connectivity index (χ3v) is 8.35. The van der Waals surface area contributed by atoms with Crippen LogP contribution in [0.25, 0.3) is 0 Å². The van der Waals surface area contributed by atoms with Gasteiger partial charge in [0, 0.05) is 11.8 Å². The molecule has 0 bridgehead atoms. The van der Waals surface area contributed by atoms with E-state index in [0.717, 1.165) is 49.9 Å². The summed E-state index contributed by atoms with van der Waals surface area (Å²) in [5.41, 5.74) is 0.452. The summed E-state index contributed by atoms with van der Waals surface area (Å²) >= 11 is 0. The molecule has 7 atom stereocenters. The molecule has 0 aliphatic heterocycles. The fraction of sp³-hybridized carbons (Fsp3) is 0.947. The van der Waals surface area contributed by atoms with E-state index in [2.05, 4.69) is 13.8 Å². The van der Waals surface area contributed by atoms with Gasteiger partial charge in [-0.2, -0.15) is 0 Å². The lowest BCUT2D eigenvalue weighted by Gasteiger charge is -2.60. The summed E-state index contributed by atoms with van der Waals surface area (Å²) in [7, 11) is 0. The van der Waals surface area contributed by atoms with Gasteiger partial charge in [-0.25, -0.2) is 0 Å². The lowest BCUT2D eigenvalue weighted by molar-refractivity contribution is -0.142. The fourth-order valence-electron chi connectivity index (χ4n) is 7.01. The van der Waals surface area contributed by atoms with E-state index >= 15 is 0 Å². The molecule has 0 spiro atoms. The van der Waals surface area contributed by atoms with Crippen molar-refractivity contribution < 1.29 is 9.90 Å². The van der Waals surface area contributed by atoms with Gasteiger partial charge in [0.2, 0.25) is 0 Å². The van der Waals surface area contributed by atoms with Gasteiger partial charge in [-0.15, -0.1) is 0 Å². The molecule has 118 valence electrons. The molecule has 0 aromatic heterocycles. The summed E-state index contributed by atoms with van der Waals surface area (Å²) in [6, 6.07) is 0. The number of fused-ring (bicyclic) bond motifs is 5. The normalized spacial score (nSPS) is 56.5. The molecular weight excluding hydrogens is 260 g/mol. The van der Waals surface area contributed by atoms with E-state index in [4.69, 9.17) is 0 Å². The zero-order chi connectivity index (χ0) is 14.8. The second kappa shape index (κ2) is 4.57. The van der Waals surface area contributed by atoms with Crippen molar-refractivity contribution in [1.82, 2.24) is 0 Å². The zero-order valence-electron chi connectivity index (χ0n) is 13.6. The highest BCUT2D eigenvalue weighted by Crippen LogP contribution is 2.65. The van der Waals surface area contributed by atoms with Crippen molar-refractivity contribution >= 4 is 5.78 Å². The lowest BCUT2D eigenvalue weighted by atomic mass is 9.45. The summed E-state index contributed by atoms with van der Waals surface area (Å²) < 4.78 is 0. The summed E-state index contributed by atoms with van der Waals surface area (Å²) in [6.45, 7) is 4.78. The van der Waals surface area contributed by atoms with Gasteiger partial charge in [0.05, 0.1) is 6.10 Å². The minimum absolute atomic E-state index is 0.0124. The Bertz CT molecular complexity index is 458. The van der Waals surface area contributed by atoms with Gasteiger partial charge >= 0.3 is 0 Å². The van der Waals surface area contributed by atoms with Crippen LogP contribution >= 0.6 is 0 Å². The van der Waals surface area contributed by atoms with Gasteiger partial charge in [0.1, 0.15) is 5.78 Å². The first kappa shape index (κ1) is 14.2. The third-order valence-electron chi connectivity index (χ3n) is 8.35. The van der Waals surface area contributed by atoms with Gasteiger partial charge in [0.15, 0.2) is 0 Å². The Morgan fingerprint density at radius 2 is 1.81 bits per heavy atom. The molecule has 2 nitrogen and oxygen atoms in total. The maximum absolute atomic E-state index is 12.4. The maximum Gasteiger partial charge on any atom is 0.139 e. The van der Waals surface area contributed by atoms with Crippen molar-refractivity contribution in [3.63, 3.8) is 0 Å². The van der Waals surface area contributed by atoms with E-state index in [1.54, 1.807) is 0 Å². The molecule has 4 aliphatic carbocycles. The number of hydrogen-bond acceptors (Lipinski definition) is 2. The molecule has 4 rings (SSSR count). The molecule has 1 N–H and O–H groups in total. The molecule has 0 amide bonds. The van der Waals surface area contributed by atoms with Gasteiger partial charge in [0.25, 0.3) is 0 Å². The smallest absolute Gasteiger partial charge is 0.139 e. The molecule has 0 aromatic carbocycles. The minimum atomic E-state index is -0.0541. The molecular formula is C19H30O2. The summed E-state index contributed by atoms with van der Waals surface area (Å²) in [6.07, 6.45) is 10.1.